The quantitative estimate of drug-likeness (QED) is 0.672. The molecule has 0 radical (unpaired) electrons. The molecule has 0 aliphatic heterocycles. The molecule has 9 heteroatoms. The minimum absolute atomic E-state index is 0.0395. The van der Waals surface area contributed by atoms with Crippen molar-refractivity contribution in [1.82, 2.24) is 4.72 Å². The maximum Gasteiger partial charge on any atom is 0.242 e. The van der Waals surface area contributed by atoms with E-state index in [2.05, 4.69) is 4.72 Å². The lowest BCUT2D eigenvalue weighted by Gasteiger charge is -2.15. The van der Waals surface area contributed by atoms with Gasteiger partial charge in [0.05, 0.1) is 16.7 Å². The first kappa shape index (κ1) is 21.5. The third kappa shape index (κ3) is 6.09. The van der Waals surface area contributed by atoms with E-state index < -0.39 is 16.1 Å². The molecule has 0 unspecified atom stereocenters. The number of benzene rings is 2. The maximum absolute atomic E-state index is 12.3. The fraction of sp³-hybridized carbons (Fsp3) is 0.278. The summed E-state index contributed by atoms with van der Waals surface area (Å²) >= 11 is 11.7. The van der Waals surface area contributed by atoms with Gasteiger partial charge in [0.2, 0.25) is 10.0 Å². The van der Waals surface area contributed by atoms with Crippen LogP contribution in [0.3, 0.4) is 0 Å². The second kappa shape index (κ2) is 9.40. The molecule has 0 saturated carbocycles. The van der Waals surface area contributed by atoms with Crippen molar-refractivity contribution in [3.8, 4) is 11.8 Å². The normalized spacial score (nSPS) is 12.4. The molecule has 0 aromatic heterocycles. The van der Waals surface area contributed by atoms with Crippen molar-refractivity contribution in [2.75, 3.05) is 13.2 Å². The van der Waals surface area contributed by atoms with Crippen LogP contribution in [0, 0.1) is 18.3 Å². The predicted molar refractivity (Wildman–Crippen MR) is 106 cm³/mol. The van der Waals surface area contributed by atoms with Crippen molar-refractivity contribution in [3.63, 3.8) is 0 Å². The van der Waals surface area contributed by atoms with Gasteiger partial charge in [-0.25, -0.2) is 13.1 Å². The van der Waals surface area contributed by atoms with Crippen LogP contribution in [0.2, 0.25) is 10.0 Å². The molecule has 0 aliphatic carbocycles. The minimum atomic E-state index is -3.76. The number of aryl methyl sites for hydroxylation is 1. The van der Waals surface area contributed by atoms with E-state index in [4.69, 9.17) is 38.9 Å². The molecule has 144 valence electrons. The molecule has 0 amide bonds. The van der Waals surface area contributed by atoms with Crippen molar-refractivity contribution < 1.29 is 13.2 Å². The molecule has 0 saturated heterocycles. The molecule has 3 N–H and O–H groups in total. The number of halogens is 2. The van der Waals surface area contributed by atoms with Crippen LogP contribution < -0.4 is 15.2 Å². The molecule has 0 bridgehead atoms. The largest absolute Gasteiger partial charge is 0.492 e. The van der Waals surface area contributed by atoms with Crippen LogP contribution in [0.1, 0.15) is 17.5 Å². The summed E-state index contributed by atoms with van der Waals surface area (Å²) in [5.41, 5.74) is 7.38. The van der Waals surface area contributed by atoms with Gasteiger partial charge < -0.3 is 10.5 Å². The summed E-state index contributed by atoms with van der Waals surface area (Å²) < 4.78 is 32.7. The van der Waals surface area contributed by atoms with Gasteiger partial charge >= 0.3 is 0 Å². The van der Waals surface area contributed by atoms with Gasteiger partial charge in [-0.2, -0.15) is 5.26 Å². The van der Waals surface area contributed by atoms with E-state index in [1.54, 1.807) is 18.2 Å². The molecular weight excluding hydrogens is 409 g/mol. The van der Waals surface area contributed by atoms with E-state index in [1.807, 2.05) is 13.0 Å². The zero-order valence-corrected chi connectivity index (χ0v) is 16.9. The molecule has 2 rings (SSSR count). The van der Waals surface area contributed by atoms with E-state index in [0.29, 0.717) is 22.8 Å². The van der Waals surface area contributed by atoms with Crippen LogP contribution >= 0.6 is 23.2 Å². The number of nitrogens with two attached hydrogens (primary N) is 1. The zero-order valence-electron chi connectivity index (χ0n) is 14.6. The van der Waals surface area contributed by atoms with Crippen molar-refractivity contribution in [3.05, 3.63) is 57.6 Å². The van der Waals surface area contributed by atoms with Crippen LogP contribution in [0.15, 0.2) is 41.3 Å². The molecule has 0 heterocycles. The van der Waals surface area contributed by atoms with E-state index in [-0.39, 0.29) is 23.1 Å². The summed E-state index contributed by atoms with van der Waals surface area (Å²) in [6, 6.07) is 11.0. The summed E-state index contributed by atoms with van der Waals surface area (Å²) in [5, 5.41) is 9.35. The Kier molecular flexibility index (Phi) is 7.48. The van der Waals surface area contributed by atoms with Gasteiger partial charge in [-0.15, -0.1) is 0 Å². The van der Waals surface area contributed by atoms with Crippen LogP contribution in [0.5, 0.6) is 5.75 Å². The average molecular weight is 428 g/mol. The Hall–Kier alpha value is -1.82. The van der Waals surface area contributed by atoms with Crippen molar-refractivity contribution in [2.24, 2.45) is 5.73 Å². The highest BCUT2D eigenvalue weighted by atomic mass is 35.5. The summed E-state index contributed by atoms with van der Waals surface area (Å²) in [7, 11) is -3.76. The number of hydrogen-bond donors (Lipinski definition) is 2. The fourth-order valence-electron chi connectivity index (χ4n) is 2.25. The molecule has 0 spiro atoms. The highest BCUT2D eigenvalue weighted by Crippen LogP contribution is 2.24. The number of sulfonamides is 1. The number of rotatable bonds is 8. The number of ether oxygens (including phenoxy) is 1. The van der Waals surface area contributed by atoms with Crippen LogP contribution in [0.4, 0.5) is 0 Å². The van der Waals surface area contributed by atoms with Crippen molar-refractivity contribution in [1.29, 1.82) is 5.26 Å². The van der Waals surface area contributed by atoms with Gasteiger partial charge in [-0.1, -0.05) is 29.3 Å². The third-order valence-electron chi connectivity index (χ3n) is 3.76. The van der Waals surface area contributed by atoms with E-state index >= 15 is 0 Å². The minimum Gasteiger partial charge on any atom is -0.492 e. The Morgan fingerprint density at radius 2 is 2.00 bits per heavy atom. The average Bonchev–Trinajstić information content (AvgIpc) is 2.60. The van der Waals surface area contributed by atoms with E-state index in [9.17, 15) is 8.42 Å². The fourth-order valence-corrected chi connectivity index (χ4v) is 4.07. The molecule has 2 aromatic rings. The van der Waals surface area contributed by atoms with Crippen LogP contribution in [-0.4, -0.2) is 27.6 Å². The Labute approximate surface area is 168 Å². The Bertz CT molecular complexity index is 959. The van der Waals surface area contributed by atoms with Gasteiger partial charge in [0, 0.05) is 17.6 Å². The monoisotopic (exact) mass is 427 g/mol. The van der Waals surface area contributed by atoms with Crippen LogP contribution in [-0.2, 0) is 10.0 Å². The molecule has 27 heavy (non-hydrogen) atoms. The lowest BCUT2D eigenvalue weighted by Crippen LogP contribution is -2.34. The first-order valence-electron chi connectivity index (χ1n) is 8.07. The highest BCUT2D eigenvalue weighted by molar-refractivity contribution is 7.89. The molecule has 6 nitrogen and oxygen atoms in total. The summed E-state index contributed by atoms with van der Waals surface area (Å²) in [5.74, 6) is 0.582. The lowest BCUT2D eigenvalue weighted by molar-refractivity contribution is 0.281. The van der Waals surface area contributed by atoms with Crippen molar-refractivity contribution in [2.45, 2.75) is 24.3 Å². The highest BCUT2D eigenvalue weighted by Gasteiger charge is 2.18. The first-order valence-corrected chi connectivity index (χ1v) is 10.3. The summed E-state index contributed by atoms with van der Waals surface area (Å²) in [6.07, 6.45) is 0.363. The first-order chi connectivity index (χ1) is 12.7. The topological polar surface area (TPSA) is 105 Å². The molecule has 2 aromatic carbocycles. The smallest absolute Gasteiger partial charge is 0.242 e. The summed E-state index contributed by atoms with van der Waals surface area (Å²) in [4.78, 5) is -0.0395. The van der Waals surface area contributed by atoms with Gasteiger partial charge in [-0.3, -0.25) is 0 Å². The van der Waals surface area contributed by atoms with Gasteiger partial charge in [0.25, 0.3) is 0 Å². The standard InChI is InChI=1S/C18H19Cl2N3O3S/c1-12-2-3-13(10-21)8-17(12)26-11-15(22)6-7-23-27(24,25)18-5-4-14(19)9-16(18)20/h2-5,8-9,15,23H,6-7,11,22H2,1H3/t15-/m0/s1. The molecule has 1 atom stereocenters. The second-order valence-corrected chi connectivity index (χ2v) is 8.50. The number of nitrogens with zero attached hydrogens (tertiary/aromatic N) is 1. The lowest BCUT2D eigenvalue weighted by atomic mass is 10.1. The van der Waals surface area contributed by atoms with Crippen LogP contribution in [0.25, 0.3) is 0 Å². The predicted octanol–water partition coefficient (Wildman–Crippen LogP) is 3.25. The Morgan fingerprint density at radius 1 is 1.26 bits per heavy atom. The molecule has 0 aliphatic rings. The molecule has 0 fully saturated rings. The summed E-state index contributed by atoms with van der Waals surface area (Å²) in [6.45, 7) is 2.19. The number of nitrogens with one attached hydrogen (secondary N) is 1. The van der Waals surface area contributed by atoms with E-state index in [1.165, 1.54) is 18.2 Å². The molecular formula is C18H19Cl2N3O3S. The van der Waals surface area contributed by atoms with E-state index in [0.717, 1.165) is 5.56 Å². The SMILES string of the molecule is Cc1ccc(C#N)cc1OC[C@@H](N)CCNS(=O)(=O)c1ccc(Cl)cc1Cl. The van der Waals surface area contributed by atoms with Crippen molar-refractivity contribution >= 4 is 33.2 Å². The number of hydrogen-bond acceptors (Lipinski definition) is 5. The Morgan fingerprint density at radius 3 is 2.67 bits per heavy atom. The Balaban J connectivity index is 1.87. The van der Waals surface area contributed by atoms with Gasteiger partial charge in [0.1, 0.15) is 17.3 Å². The third-order valence-corrected chi connectivity index (χ3v) is 5.94. The maximum atomic E-state index is 12.3. The van der Waals surface area contributed by atoms with Gasteiger partial charge in [0.15, 0.2) is 0 Å². The number of nitriles is 1. The van der Waals surface area contributed by atoms with Gasteiger partial charge in [-0.05, 0) is 49.2 Å². The second-order valence-electron chi connectivity index (χ2n) is 5.92. The zero-order chi connectivity index (χ0) is 20.0.